The lowest BCUT2D eigenvalue weighted by atomic mass is 9.99. The van der Waals surface area contributed by atoms with Crippen LogP contribution in [-0.2, 0) is 0 Å². The first-order valence-electron chi connectivity index (χ1n) is 5.85. The van der Waals surface area contributed by atoms with E-state index in [1.165, 1.54) is 25.0 Å². The number of ether oxygens (including phenoxy) is 1. The fourth-order valence-electron chi connectivity index (χ4n) is 2.03. The molecule has 0 unspecified atom stereocenters. The summed E-state index contributed by atoms with van der Waals surface area (Å²) in [4.78, 5) is 0. The van der Waals surface area contributed by atoms with Crippen molar-refractivity contribution < 1.29 is 9.13 Å². The van der Waals surface area contributed by atoms with Gasteiger partial charge < -0.3 is 10.1 Å². The lowest BCUT2D eigenvalue weighted by molar-refractivity contribution is 0.214. The van der Waals surface area contributed by atoms with Crippen molar-refractivity contribution >= 4 is 0 Å². The van der Waals surface area contributed by atoms with Crippen LogP contribution in [0.3, 0.4) is 0 Å². The molecule has 0 amide bonds. The van der Waals surface area contributed by atoms with E-state index in [1.54, 1.807) is 6.07 Å². The van der Waals surface area contributed by atoms with Crippen LogP contribution in [0.5, 0.6) is 5.75 Å². The van der Waals surface area contributed by atoms with Gasteiger partial charge in [-0.25, -0.2) is 4.39 Å². The van der Waals surface area contributed by atoms with Gasteiger partial charge in [0.1, 0.15) is 11.6 Å². The first-order chi connectivity index (χ1) is 7.75. The maximum Gasteiger partial charge on any atom is 0.123 e. The molecule has 0 bridgehead atoms. The topological polar surface area (TPSA) is 21.3 Å². The second-order valence-corrected chi connectivity index (χ2v) is 4.41. The van der Waals surface area contributed by atoms with Crippen LogP contribution < -0.4 is 10.1 Å². The van der Waals surface area contributed by atoms with Crippen molar-refractivity contribution in [3.63, 3.8) is 0 Å². The lowest BCUT2D eigenvalue weighted by Gasteiger charge is -2.23. The molecule has 1 saturated heterocycles. The van der Waals surface area contributed by atoms with Gasteiger partial charge in [0.2, 0.25) is 0 Å². The highest BCUT2D eigenvalue weighted by molar-refractivity contribution is 5.32. The molecule has 16 heavy (non-hydrogen) atoms. The second-order valence-electron chi connectivity index (χ2n) is 4.41. The minimum absolute atomic E-state index is 0.202. The Labute approximate surface area is 95.8 Å². The van der Waals surface area contributed by atoms with E-state index in [9.17, 15) is 4.39 Å². The lowest BCUT2D eigenvalue weighted by Crippen LogP contribution is -2.30. The highest BCUT2D eigenvalue weighted by Gasteiger charge is 2.13. The molecule has 1 aromatic rings. The predicted molar refractivity (Wildman–Crippen MR) is 62.2 cm³/mol. The van der Waals surface area contributed by atoms with E-state index >= 15 is 0 Å². The summed E-state index contributed by atoms with van der Waals surface area (Å²) in [5.74, 6) is 1.23. The summed E-state index contributed by atoms with van der Waals surface area (Å²) in [6, 6.07) is 4.67. The summed E-state index contributed by atoms with van der Waals surface area (Å²) in [5.41, 5.74) is 0.869. The average molecular weight is 223 g/mol. The van der Waals surface area contributed by atoms with E-state index < -0.39 is 0 Å². The SMILES string of the molecule is Cc1cc(F)ccc1OCC1CCNCC1. The van der Waals surface area contributed by atoms with Crippen LogP contribution in [0.2, 0.25) is 0 Å². The van der Waals surface area contributed by atoms with Crippen molar-refractivity contribution in [2.45, 2.75) is 19.8 Å². The van der Waals surface area contributed by atoms with Gasteiger partial charge in [0.25, 0.3) is 0 Å². The van der Waals surface area contributed by atoms with Gasteiger partial charge in [0, 0.05) is 0 Å². The van der Waals surface area contributed by atoms with Crippen LogP contribution >= 0.6 is 0 Å². The maximum absolute atomic E-state index is 12.9. The molecule has 1 aliphatic heterocycles. The molecule has 0 aromatic heterocycles. The van der Waals surface area contributed by atoms with Crippen LogP contribution in [-0.4, -0.2) is 19.7 Å². The van der Waals surface area contributed by atoms with E-state index in [4.69, 9.17) is 4.74 Å². The minimum atomic E-state index is -0.202. The van der Waals surface area contributed by atoms with Gasteiger partial charge in [-0.15, -0.1) is 0 Å². The van der Waals surface area contributed by atoms with Gasteiger partial charge in [-0.3, -0.25) is 0 Å². The van der Waals surface area contributed by atoms with Crippen LogP contribution in [0.4, 0.5) is 4.39 Å². The van der Waals surface area contributed by atoms with E-state index in [0.29, 0.717) is 5.92 Å². The summed E-state index contributed by atoms with van der Waals surface area (Å²) in [6.45, 7) is 4.78. The number of halogens is 1. The number of hydrogen-bond donors (Lipinski definition) is 1. The monoisotopic (exact) mass is 223 g/mol. The normalized spacial score (nSPS) is 17.4. The Hall–Kier alpha value is -1.09. The van der Waals surface area contributed by atoms with E-state index in [2.05, 4.69) is 5.32 Å². The van der Waals surface area contributed by atoms with Crippen LogP contribution in [0.15, 0.2) is 18.2 Å². The fraction of sp³-hybridized carbons (Fsp3) is 0.538. The van der Waals surface area contributed by atoms with Gasteiger partial charge >= 0.3 is 0 Å². The van der Waals surface area contributed by atoms with Crippen LogP contribution in [0, 0.1) is 18.7 Å². The quantitative estimate of drug-likeness (QED) is 0.850. The smallest absolute Gasteiger partial charge is 0.123 e. The molecule has 3 heteroatoms. The molecule has 1 aromatic carbocycles. The molecule has 88 valence electrons. The third-order valence-corrected chi connectivity index (χ3v) is 3.07. The Balaban J connectivity index is 1.88. The molecule has 2 rings (SSSR count). The molecule has 0 spiro atoms. The summed E-state index contributed by atoms with van der Waals surface area (Å²) < 4.78 is 18.6. The van der Waals surface area contributed by atoms with E-state index in [-0.39, 0.29) is 5.82 Å². The summed E-state index contributed by atoms with van der Waals surface area (Å²) in [7, 11) is 0. The first-order valence-corrected chi connectivity index (χ1v) is 5.85. The molecule has 1 N–H and O–H groups in total. The molecule has 0 radical (unpaired) electrons. The van der Waals surface area contributed by atoms with Crippen LogP contribution in [0.25, 0.3) is 0 Å². The van der Waals surface area contributed by atoms with Crippen LogP contribution in [0.1, 0.15) is 18.4 Å². The average Bonchev–Trinajstić information content (AvgIpc) is 2.29. The summed E-state index contributed by atoms with van der Waals surface area (Å²) in [5, 5.41) is 3.33. The Kier molecular flexibility index (Phi) is 3.78. The number of nitrogens with one attached hydrogen (secondary N) is 1. The number of piperidine rings is 1. The zero-order valence-electron chi connectivity index (χ0n) is 9.63. The Morgan fingerprint density at radius 2 is 2.12 bits per heavy atom. The zero-order valence-corrected chi connectivity index (χ0v) is 9.63. The third kappa shape index (κ3) is 2.95. The Bertz CT molecular complexity index is 348. The highest BCUT2D eigenvalue weighted by atomic mass is 19.1. The van der Waals surface area contributed by atoms with Crippen molar-refractivity contribution in [3.8, 4) is 5.75 Å². The molecule has 0 atom stereocenters. The van der Waals surface area contributed by atoms with E-state index in [0.717, 1.165) is 31.0 Å². The zero-order chi connectivity index (χ0) is 11.4. The van der Waals surface area contributed by atoms with Crippen molar-refractivity contribution in [1.29, 1.82) is 0 Å². The number of hydrogen-bond acceptors (Lipinski definition) is 2. The number of rotatable bonds is 3. The Morgan fingerprint density at radius 1 is 1.38 bits per heavy atom. The maximum atomic E-state index is 12.9. The molecule has 0 saturated carbocycles. The molecule has 2 nitrogen and oxygen atoms in total. The molecule has 1 fully saturated rings. The molecular formula is C13H18FNO. The Morgan fingerprint density at radius 3 is 2.81 bits per heavy atom. The van der Waals surface area contributed by atoms with Crippen molar-refractivity contribution in [1.82, 2.24) is 5.32 Å². The minimum Gasteiger partial charge on any atom is -0.493 e. The van der Waals surface area contributed by atoms with Gasteiger partial charge in [0.05, 0.1) is 6.61 Å². The summed E-state index contributed by atoms with van der Waals surface area (Å²) in [6.07, 6.45) is 2.33. The van der Waals surface area contributed by atoms with Crippen molar-refractivity contribution in [2.24, 2.45) is 5.92 Å². The van der Waals surface area contributed by atoms with Gasteiger partial charge in [-0.2, -0.15) is 0 Å². The number of aryl methyl sites for hydroxylation is 1. The highest BCUT2D eigenvalue weighted by Crippen LogP contribution is 2.20. The molecule has 0 aliphatic carbocycles. The number of benzene rings is 1. The molecule has 1 aliphatic rings. The van der Waals surface area contributed by atoms with Crippen molar-refractivity contribution in [3.05, 3.63) is 29.6 Å². The second kappa shape index (κ2) is 5.30. The first kappa shape index (κ1) is 11.4. The van der Waals surface area contributed by atoms with Gasteiger partial charge in [-0.05, 0) is 62.5 Å². The van der Waals surface area contributed by atoms with Crippen molar-refractivity contribution in [2.75, 3.05) is 19.7 Å². The van der Waals surface area contributed by atoms with Gasteiger partial charge in [0.15, 0.2) is 0 Å². The largest absolute Gasteiger partial charge is 0.493 e. The molecule has 1 heterocycles. The predicted octanol–water partition coefficient (Wildman–Crippen LogP) is 2.51. The fourth-order valence-corrected chi connectivity index (χ4v) is 2.03. The summed E-state index contributed by atoms with van der Waals surface area (Å²) >= 11 is 0. The molecular weight excluding hydrogens is 205 g/mol. The standard InChI is InChI=1S/C13H18FNO/c1-10-8-12(14)2-3-13(10)16-9-11-4-6-15-7-5-11/h2-3,8,11,15H,4-7,9H2,1H3. The third-order valence-electron chi connectivity index (χ3n) is 3.07. The van der Waals surface area contributed by atoms with Gasteiger partial charge in [-0.1, -0.05) is 0 Å². The van der Waals surface area contributed by atoms with E-state index in [1.807, 2.05) is 6.92 Å².